The van der Waals surface area contributed by atoms with Gasteiger partial charge in [-0.05, 0) is 39.8 Å². The third-order valence-electron chi connectivity index (χ3n) is 3.18. The first-order valence-electron chi connectivity index (χ1n) is 7.09. The predicted octanol–water partition coefficient (Wildman–Crippen LogP) is 2.15. The number of amides is 1. The highest BCUT2D eigenvalue weighted by atomic mass is 16.5. The summed E-state index contributed by atoms with van der Waals surface area (Å²) in [5, 5.41) is 3.12. The minimum atomic E-state index is -0.313. The smallest absolute Gasteiger partial charge is 0.272 e. The largest absolute Gasteiger partial charge is 0.370 e. The Morgan fingerprint density at radius 3 is 2.95 bits per heavy atom. The van der Waals surface area contributed by atoms with Crippen LogP contribution in [0.5, 0.6) is 0 Å². The molecule has 2 rings (SSSR count). The maximum Gasteiger partial charge on any atom is 0.272 e. The highest BCUT2D eigenvalue weighted by Crippen LogP contribution is 2.22. The molecule has 5 nitrogen and oxygen atoms in total. The summed E-state index contributed by atoms with van der Waals surface area (Å²) in [4.78, 5) is 18.8. The number of nitrogens with one attached hydrogen (secondary N) is 1. The van der Waals surface area contributed by atoms with Gasteiger partial charge in [-0.2, -0.15) is 0 Å². The van der Waals surface area contributed by atoms with Crippen molar-refractivity contribution in [3.8, 4) is 0 Å². The second-order valence-corrected chi connectivity index (χ2v) is 5.81. The SMILES string of the molecule is CCNc1cccc(C(=O)N2CC(C)OC(C)(C)C2)n1. The summed E-state index contributed by atoms with van der Waals surface area (Å²) in [6.07, 6.45) is 0.0413. The zero-order valence-corrected chi connectivity index (χ0v) is 12.6. The predicted molar refractivity (Wildman–Crippen MR) is 78.9 cm³/mol. The van der Waals surface area contributed by atoms with E-state index in [1.807, 2.05) is 44.7 Å². The van der Waals surface area contributed by atoms with Crippen molar-refractivity contribution in [3.63, 3.8) is 0 Å². The van der Waals surface area contributed by atoms with E-state index in [0.717, 1.165) is 12.4 Å². The molecule has 20 heavy (non-hydrogen) atoms. The second kappa shape index (κ2) is 5.79. The number of rotatable bonds is 3. The average Bonchev–Trinajstić information content (AvgIpc) is 2.36. The molecule has 1 N–H and O–H groups in total. The summed E-state index contributed by atoms with van der Waals surface area (Å²) < 4.78 is 5.83. The van der Waals surface area contributed by atoms with Gasteiger partial charge in [-0.1, -0.05) is 6.07 Å². The van der Waals surface area contributed by atoms with Crippen molar-refractivity contribution in [3.05, 3.63) is 23.9 Å². The maximum atomic E-state index is 12.6. The Hall–Kier alpha value is -1.62. The van der Waals surface area contributed by atoms with Crippen LogP contribution in [0.15, 0.2) is 18.2 Å². The molecule has 0 saturated carbocycles. The zero-order chi connectivity index (χ0) is 14.8. The van der Waals surface area contributed by atoms with E-state index >= 15 is 0 Å². The quantitative estimate of drug-likeness (QED) is 0.920. The van der Waals surface area contributed by atoms with Gasteiger partial charge in [-0.25, -0.2) is 4.98 Å². The fraction of sp³-hybridized carbons (Fsp3) is 0.600. The second-order valence-electron chi connectivity index (χ2n) is 5.81. The number of morpholine rings is 1. The van der Waals surface area contributed by atoms with E-state index in [2.05, 4.69) is 10.3 Å². The first-order valence-corrected chi connectivity index (χ1v) is 7.09. The van der Waals surface area contributed by atoms with E-state index in [9.17, 15) is 4.79 Å². The van der Waals surface area contributed by atoms with E-state index in [-0.39, 0.29) is 17.6 Å². The molecule has 0 bridgehead atoms. The number of hydrogen-bond donors (Lipinski definition) is 1. The Kier molecular flexibility index (Phi) is 4.28. The molecule has 0 aromatic carbocycles. The van der Waals surface area contributed by atoms with Crippen LogP contribution in [0.3, 0.4) is 0 Å². The number of carbonyl (C=O) groups is 1. The number of carbonyl (C=O) groups excluding carboxylic acids is 1. The molecule has 1 aromatic rings. The number of pyridine rings is 1. The van der Waals surface area contributed by atoms with Crippen molar-refractivity contribution >= 4 is 11.7 Å². The van der Waals surface area contributed by atoms with Crippen LogP contribution < -0.4 is 5.32 Å². The van der Waals surface area contributed by atoms with Gasteiger partial charge in [0.2, 0.25) is 0 Å². The number of anilines is 1. The Bertz CT molecular complexity index is 488. The molecule has 0 spiro atoms. The Balaban J connectivity index is 2.16. The molecule has 2 heterocycles. The molecule has 1 amide bonds. The van der Waals surface area contributed by atoms with Crippen LogP contribution in [0.4, 0.5) is 5.82 Å². The summed E-state index contributed by atoms with van der Waals surface area (Å²) in [5.74, 6) is 0.701. The number of aromatic nitrogens is 1. The van der Waals surface area contributed by atoms with Crippen LogP contribution in [-0.4, -0.2) is 47.1 Å². The monoisotopic (exact) mass is 277 g/mol. The van der Waals surface area contributed by atoms with Crippen LogP contribution in [0.1, 0.15) is 38.2 Å². The molecule has 110 valence electrons. The molecular formula is C15H23N3O2. The molecule has 1 saturated heterocycles. The van der Waals surface area contributed by atoms with Gasteiger partial charge < -0.3 is 15.0 Å². The number of ether oxygens (including phenoxy) is 1. The number of nitrogens with zero attached hydrogens (tertiary/aromatic N) is 2. The minimum Gasteiger partial charge on any atom is -0.370 e. The lowest BCUT2D eigenvalue weighted by Gasteiger charge is -2.41. The van der Waals surface area contributed by atoms with Crippen molar-refractivity contribution in [2.75, 3.05) is 25.0 Å². The average molecular weight is 277 g/mol. The van der Waals surface area contributed by atoms with Crippen molar-refractivity contribution in [2.24, 2.45) is 0 Å². The van der Waals surface area contributed by atoms with Crippen LogP contribution in [-0.2, 0) is 4.74 Å². The molecule has 1 aliphatic rings. The molecule has 0 aliphatic carbocycles. The summed E-state index contributed by atoms with van der Waals surface area (Å²) in [5.41, 5.74) is 0.167. The van der Waals surface area contributed by atoms with E-state index in [1.54, 1.807) is 6.07 Å². The highest BCUT2D eigenvalue weighted by Gasteiger charge is 2.34. The zero-order valence-electron chi connectivity index (χ0n) is 12.6. The van der Waals surface area contributed by atoms with E-state index in [4.69, 9.17) is 4.74 Å². The van der Waals surface area contributed by atoms with Gasteiger partial charge in [-0.15, -0.1) is 0 Å². The van der Waals surface area contributed by atoms with Crippen LogP contribution in [0, 0.1) is 0 Å². The first kappa shape index (κ1) is 14.8. The van der Waals surface area contributed by atoms with Gasteiger partial charge in [0.25, 0.3) is 5.91 Å². The molecule has 1 aliphatic heterocycles. The summed E-state index contributed by atoms with van der Waals surface area (Å²) in [6.45, 7) is 9.98. The minimum absolute atomic E-state index is 0.0343. The molecule has 1 fully saturated rings. The molecule has 1 atom stereocenters. The van der Waals surface area contributed by atoms with Gasteiger partial charge >= 0.3 is 0 Å². The van der Waals surface area contributed by atoms with Crippen molar-refractivity contribution < 1.29 is 9.53 Å². The summed E-state index contributed by atoms with van der Waals surface area (Å²) in [6, 6.07) is 5.48. The third kappa shape index (κ3) is 3.48. The standard InChI is InChI=1S/C15H23N3O2/c1-5-16-13-8-6-7-12(17-13)14(19)18-9-11(2)20-15(3,4)10-18/h6-8,11H,5,9-10H2,1-4H3,(H,16,17). The molecular weight excluding hydrogens is 254 g/mol. The molecule has 0 radical (unpaired) electrons. The van der Waals surface area contributed by atoms with Crippen molar-refractivity contribution in [1.29, 1.82) is 0 Å². The Morgan fingerprint density at radius 2 is 2.30 bits per heavy atom. The lowest BCUT2D eigenvalue weighted by Crippen LogP contribution is -2.53. The highest BCUT2D eigenvalue weighted by molar-refractivity contribution is 5.92. The lowest BCUT2D eigenvalue weighted by atomic mass is 10.1. The topological polar surface area (TPSA) is 54.5 Å². The molecule has 1 aromatic heterocycles. The van der Waals surface area contributed by atoms with Gasteiger partial charge in [0.15, 0.2) is 0 Å². The van der Waals surface area contributed by atoms with Gasteiger partial charge in [0, 0.05) is 19.6 Å². The van der Waals surface area contributed by atoms with Crippen molar-refractivity contribution in [1.82, 2.24) is 9.88 Å². The van der Waals surface area contributed by atoms with Crippen molar-refractivity contribution in [2.45, 2.75) is 39.4 Å². The van der Waals surface area contributed by atoms with Gasteiger partial charge in [0.05, 0.1) is 11.7 Å². The van der Waals surface area contributed by atoms with E-state index in [1.165, 1.54) is 0 Å². The van der Waals surface area contributed by atoms with Gasteiger partial charge in [0.1, 0.15) is 11.5 Å². The van der Waals surface area contributed by atoms with E-state index in [0.29, 0.717) is 18.8 Å². The van der Waals surface area contributed by atoms with Crippen LogP contribution in [0.2, 0.25) is 0 Å². The molecule has 1 unspecified atom stereocenters. The van der Waals surface area contributed by atoms with Crippen LogP contribution >= 0.6 is 0 Å². The van der Waals surface area contributed by atoms with Crippen LogP contribution in [0.25, 0.3) is 0 Å². The normalized spacial score (nSPS) is 21.6. The summed E-state index contributed by atoms with van der Waals surface area (Å²) in [7, 11) is 0. The third-order valence-corrected chi connectivity index (χ3v) is 3.18. The molecule has 5 heteroatoms. The fourth-order valence-electron chi connectivity index (χ4n) is 2.60. The van der Waals surface area contributed by atoms with E-state index < -0.39 is 0 Å². The van der Waals surface area contributed by atoms with Gasteiger partial charge in [-0.3, -0.25) is 4.79 Å². The lowest BCUT2D eigenvalue weighted by molar-refractivity contribution is -0.118. The summed E-state index contributed by atoms with van der Waals surface area (Å²) >= 11 is 0. The maximum absolute atomic E-state index is 12.6. The first-order chi connectivity index (χ1) is 9.41. The fourth-order valence-corrected chi connectivity index (χ4v) is 2.60. The Labute approximate surface area is 120 Å². The Morgan fingerprint density at radius 1 is 1.55 bits per heavy atom. The number of hydrogen-bond acceptors (Lipinski definition) is 4.